The minimum Gasteiger partial charge on any atom is -0.508 e. The van der Waals surface area contributed by atoms with Gasteiger partial charge in [-0.15, -0.1) is 0 Å². The fraction of sp³-hybridized carbons (Fsp3) is 0.133. The summed E-state index contributed by atoms with van der Waals surface area (Å²) in [6.45, 7) is 3.88. The summed E-state index contributed by atoms with van der Waals surface area (Å²) in [6.07, 6.45) is 0. The van der Waals surface area contributed by atoms with Gasteiger partial charge in [0.2, 0.25) is 0 Å². The van der Waals surface area contributed by atoms with Crippen molar-refractivity contribution in [3.8, 4) is 5.75 Å². The Morgan fingerprint density at radius 2 is 1.63 bits per heavy atom. The number of amides is 2. The second-order valence-corrected chi connectivity index (χ2v) is 4.40. The first-order valence-corrected chi connectivity index (χ1v) is 5.99. The summed E-state index contributed by atoms with van der Waals surface area (Å²) < 4.78 is 0. The molecular formula is C15H16N2O2. The molecule has 0 radical (unpaired) electrons. The van der Waals surface area contributed by atoms with Crippen molar-refractivity contribution in [1.82, 2.24) is 0 Å². The number of nitrogens with one attached hydrogen (secondary N) is 2. The number of anilines is 2. The van der Waals surface area contributed by atoms with Crippen LogP contribution in [0.1, 0.15) is 11.1 Å². The number of benzene rings is 2. The lowest BCUT2D eigenvalue weighted by molar-refractivity contribution is 0.262. The lowest BCUT2D eigenvalue weighted by atomic mass is 10.1. The van der Waals surface area contributed by atoms with Crippen LogP contribution in [-0.2, 0) is 0 Å². The molecule has 2 rings (SSSR count). The molecule has 0 unspecified atom stereocenters. The Morgan fingerprint density at radius 3 is 2.26 bits per heavy atom. The van der Waals surface area contributed by atoms with Gasteiger partial charge in [-0.25, -0.2) is 4.79 Å². The maximum atomic E-state index is 11.9. The largest absolute Gasteiger partial charge is 0.508 e. The average Bonchev–Trinajstić information content (AvgIpc) is 2.34. The van der Waals surface area contributed by atoms with E-state index < -0.39 is 0 Å². The third kappa shape index (κ3) is 3.25. The highest BCUT2D eigenvalue weighted by Gasteiger charge is 2.07. The van der Waals surface area contributed by atoms with Crippen molar-refractivity contribution in [3.05, 3.63) is 53.6 Å². The molecule has 0 bridgehead atoms. The standard InChI is InChI=1S/C15H16N2O2/c1-10-5-3-6-11(2)14(10)17-15(19)16-12-7-4-8-13(18)9-12/h3-9,18H,1-2H3,(H2,16,17,19). The molecule has 4 heteroatoms. The van der Waals surface area contributed by atoms with Crippen LogP contribution in [0.3, 0.4) is 0 Å². The van der Waals surface area contributed by atoms with E-state index in [4.69, 9.17) is 0 Å². The van der Waals surface area contributed by atoms with E-state index in [2.05, 4.69) is 10.6 Å². The van der Waals surface area contributed by atoms with Crippen LogP contribution in [0.2, 0.25) is 0 Å². The van der Waals surface area contributed by atoms with Crippen LogP contribution in [-0.4, -0.2) is 11.1 Å². The Labute approximate surface area is 112 Å². The maximum Gasteiger partial charge on any atom is 0.323 e. The van der Waals surface area contributed by atoms with Crippen LogP contribution in [0.5, 0.6) is 5.75 Å². The van der Waals surface area contributed by atoms with Crippen LogP contribution in [0.15, 0.2) is 42.5 Å². The van der Waals surface area contributed by atoms with E-state index in [1.54, 1.807) is 18.2 Å². The van der Waals surface area contributed by atoms with Gasteiger partial charge in [0.15, 0.2) is 0 Å². The van der Waals surface area contributed by atoms with E-state index in [0.29, 0.717) is 5.69 Å². The molecule has 98 valence electrons. The van der Waals surface area contributed by atoms with Gasteiger partial charge in [-0.05, 0) is 37.1 Å². The molecule has 4 nitrogen and oxygen atoms in total. The van der Waals surface area contributed by atoms with Gasteiger partial charge >= 0.3 is 6.03 Å². The molecule has 2 aromatic rings. The SMILES string of the molecule is Cc1cccc(C)c1NC(=O)Nc1cccc(O)c1. The van der Waals surface area contributed by atoms with Crippen molar-refractivity contribution in [2.24, 2.45) is 0 Å². The minimum atomic E-state index is -0.331. The molecule has 0 spiro atoms. The van der Waals surface area contributed by atoms with E-state index in [-0.39, 0.29) is 11.8 Å². The Hall–Kier alpha value is -2.49. The highest BCUT2D eigenvalue weighted by Crippen LogP contribution is 2.20. The fourth-order valence-corrected chi connectivity index (χ4v) is 1.87. The zero-order valence-electron chi connectivity index (χ0n) is 10.9. The van der Waals surface area contributed by atoms with Crippen molar-refractivity contribution >= 4 is 17.4 Å². The zero-order valence-corrected chi connectivity index (χ0v) is 10.9. The van der Waals surface area contributed by atoms with Gasteiger partial charge in [0, 0.05) is 17.4 Å². The first kappa shape index (κ1) is 13.0. The molecule has 0 fully saturated rings. The summed E-state index contributed by atoms with van der Waals surface area (Å²) in [5, 5.41) is 14.8. The van der Waals surface area contributed by atoms with Crippen LogP contribution in [0.4, 0.5) is 16.2 Å². The van der Waals surface area contributed by atoms with E-state index in [1.807, 2.05) is 32.0 Å². The molecule has 19 heavy (non-hydrogen) atoms. The van der Waals surface area contributed by atoms with Crippen molar-refractivity contribution < 1.29 is 9.90 Å². The van der Waals surface area contributed by atoms with Crippen molar-refractivity contribution in [2.45, 2.75) is 13.8 Å². The predicted octanol–water partition coefficient (Wildman–Crippen LogP) is 3.65. The quantitative estimate of drug-likeness (QED) is 0.768. The molecule has 0 aliphatic heterocycles. The number of phenolic OH excluding ortho intramolecular Hbond substituents is 1. The van der Waals surface area contributed by atoms with Gasteiger partial charge < -0.3 is 15.7 Å². The molecule has 0 aliphatic carbocycles. The van der Waals surface area contributed by atoms with Crippen molar-refractivity contribution in [2.75, 3.05) is 10.6 Å². The predicted molar refractivity (Wildman–Crippen MR) is 76.7 cm³/mol. The number of urea groups is 1. The van der Waals surface area contributed by atoms with Crippen LogP contribution >= 0.6 is 0 Å². The molecule has 0 saturated heterocycles. The van der Waals surface area contributed by atoms with Crippen LogP contribution in [0.25, 0.3) is 0 Å². The maximum absolute atomic E-state index is 11.9. The van der Waals surface area contributed by atoms with Crippen molar-refractivity contribution in [3.63, 3.8) is 0 Å². The highest BCUT2D eigenvalue weighted by atomic mass is 16.3. The third-order valence-corrected chi connectivity index (χ3v) is 2.82. The lowest BCUT2D eigenvalue weighted by Crippen LogP contribution is -2.20. The highest BCUT2D eigenvalue weighted by molar-refractivity contribution is 6.00. The minimum absolute atomic E-state index is 0.116. The number of aromatic hydroxyl groups is 1. The second-order valence-electron chi connectivity index (χ2n) is 4.40. The fourth-order valence-electron chi connectivity index (χ4n) is 1.87. The smallest absolute Gasteiger partial charge is 0.323 e. The van der Waals surface area contributed by atoms with E-state index in [0.717, 1.165) is 16.8 Å². The Bertz CT molecular complexity index is 589. The number of carbonyl (C=O) groups is 1. The number of hydrogen-bond donors (Lipinski definition) is 3. The van der Waals surface area contributed by atoms with Gasteiger partial charge in [-0.3, -0.25) is 0 Å². The molecule has 0 atom stereocenters. The Morgan fingerprint density at radius 1 is 1.00 bits per heavy atom. The first-order valence-electron chi connectivity index (χ1n) is 5.99. The summed E-state index contributed by atoms with van der Waals surface area (Å²) in [5.74, 6) is 0.116. The molecule has 2 amide bonds. The lowest BCUT2D eigenvalue weighted by Gasteiger charge is -2.12. The van der Waals surface area contributed by atoms with E-state index in [1.165, 1.54) is 6.07 Å². The number of rotatable bonds is 2. The number of aryl methyl sites for hydroxylation is 2. The molecular weight excluding hydrogens is 240 g/mol. The van der Waals surface area contributed by atoms with Gasteiger partial charge in [0.05, 0.1) is 0 Å². The van der Waals surface area contributed by atoms with Crippen LogP contribution < -0.4 is 10.6 Å². The second kappa shape index (κ2) is 5.44. The van der Waals surface area contributed by atoms with E-state index in [9.17, 15) is 9.90 Å². The van der Waals surface area contributed by atoms with Crippen LogP contribution in [0, 0.1) is 13.8 Å². The number of hydrogen-bond acceptors (Lipinski definition) is 2. The van der Waals surface area contributed by atoms with Gasteiger partial charge in [-0.1, -0.05) is 24.3 Å². The monoisotopic (exact) mass is 256 g/mol. The summed E-state index contributed by atoms with van der Waals surface area (Å²) in [7, 11) is 0. The normalized spacial score (nSPS) is 10.0. The Balaban J connectivity index is 2.10. The van der Waals surface area contributed by atoms with Crippen molar-refractivity contribution in [1.29, 1.82) is 0 Å². The van der Waals surface area contributed by atoms with Gasteiger partial charge in [0.1, 0.15) is 5.75 Å². The molecule has 0 heterocycles. The third-order valence-electron chi connectivity index (χ3n) is 2.82. The van der Waals surface area contributed by atoms with Gasteiger partial charge in [-0.2, -0.15) is 0 Å². The topological polar surface area (TPSA) is 61.4 Å². The summed E-state index contributed by atoms with van der Waals surface area (Å²) in [6, 6.07) is 11.9. The first-order chi connectivity index (χ1) is 9.06. The number of phenols is 1. The van der Waals surface area contributed by atoms with Gasteiger partial charge in [0.25, 0.3) is 0 Å². The average molecular weight is 256 g/mol. The summed E-state index contributed by atoms with van der Waals surface area (Å²) >= 11 is 0. The zero-order chi connectivity index (χ0) is 13.8. The summed E-state index contributed by atoms with van der Waals surface area (Å²) in [5.41, 5.74) is 3.36. The molecule has 0 aromatic heterocycles. The molecule has 0 aliphatic rings. The molecule has 2 aromatic carbocycles. The molecule has 3 N–H and O–H groups in total. The molecule has 0 saturated carbocycles. The number of para-hydroxylation sites is 1. The summed E-state index contributed by atoms with van der Waals surface area (Å²) in [4.78, 5) is 11.9. The number of carbonyl (C=O) groups excluding carboxylic acids is 1. The Kier molecular flexibility index (Phi) is 3.71. The van der Waals surface area contributed by atoms with E-state index >= 15 is 0 Å².